The molecule has 0 heterocycles. The lowest BCUT2D eigenvalue weighted by molar-refractivity contribution is -0.143. The van der Waals surface area contributed by atoms with Crippen LogP contribution in [0.5, 0.6) is 0 Å². The maximum absolute atomic E-state index is 11.6. The number of rotatable bonds is 15. The van der Waals surface area contributed by atoms with Crippen LogP contribution in [0.4, 0.5) is 0 Å². The number of hydrogen-bond donors (Lipinski definition) is 3. The molecule has 0 saturated heterocycles. The summed E-state index contributed by atoms with van der Waals surface area (Å²) in [7, 11) is 1.34. The molecule has 0 fully saturated rings. The van der Waals surface area contributed by atoms with Gasteiger partial charge in [0, 0.05) is 13.2 Å². The van der Waals surface area contributed by atoms with Gasteiger partial charge in [-0.15, -0.1) is 6.58 Å². The molecule has 3 N–H and O–H groups in total. The Morgan fingerprint density at radius 2 is 2.05 bits per heavy atom. The Hall–Kier alpha value is -0.990. The molecule has 21 heavy (non-hydrogen) atoms. The summed E-state index contributed by atoms with van der Waals surface area (Å²) >= 11 is 0. The van der Waals surface area contributed by atoms with Gasteiger partial charge < -0.3 is 19.3 Å². The zero-order valence-corrected chi connectivity index (χ0v) is 12.8. The molecule has 0 spiro atoms. The average molecular weight is 304 g/mol. The molecule has 0 aromatic carbocycles. The van der Waals surface area contributed by atoms with Crippen LogP contribution < -0.4 is 10.6 Å². The van der Waals surface area contributed by atoms with E-state index in [1.807, 2.05) is 6.08 Å². The van der Waals surface area contributed by atoms with Gasteiger partial charge in [0.05, 0.1) is 33.8 Å². The quantitative estimate of drug-likeness (QED) is 0.170. The van der Waals surface area contributed by atoms with Gasteiger partial charge in [-0.1, -0.05) is 6.08 Å². The molecule has 0 aromatic rings. The van der Waals surface area contributed by atoms with Crippen LogP contribution in [0.1, 0.15) is 19.3 Å². The van der Waals surface area contributed by atoms with E-state index in [-0.39, 0.29) is 32.6 Å². The Balaban J connectivity index is 3.70. The first kappa shape index (κ1) is 20.0. The maximum Gasteiger partial charge on any atom is 0.324 e. The number of unbranched alkanes of at least 4 members (excludes halogenated alkanes) is 2. The first-order chi connectivity index (χ1) is 10.3. The van der Waals surface area contributed by atoms with Gasteiger partial charge in [0.1, 0.15) is 6.04 Å². The van der Waals surface area contributed by atoms with Crippen LogP contribution in [0.15, 0.2) is 12.7 Å². The number of nitrogens with one attached hydrogen (secondary N) is 2. The molecule has 7 heteroatoms. The highest BCUT2D eigenvalue weighted by atomic mass is 16.5. The van der Waals surface area contributed by atoms with E-state index < -0.39 is 6.04 Å². The second-order valence-electron chi connectivity index (χ2n) is 4.35. The number of allylic oxidation sites excluding steroid dienone is 1. The lowest BCUT2D eigenvalue weighted by Gasteiger charge is -2.17. The molecule has 0 amide bonds. The highest BCUT2D eigenvalue weighted by Crippen LogP contribution is 1.95. The second-order valence-corrected chi connectivity index (χ2v) is 4.35. The molecule has 1 atom stereocenters. The van der Waals surface area contributed by atoms with Crippen molar-refractivity contribution < 1.29 is 24.1 Å². The van der Waals surface area contributed by atoms with Crippen molar-refractivity contribution in [2.24, 2.45) is 0 Å². The number of carbonyl (C=O) groups is 1. The molecule has 0 saturated carbocycles. The number of hydrogen-bond acceptors (Lipinski definition) is 7. The predicted octanol–water partition coefficient (Wildman–Crippen LogP) is 0.00400. The molecule has 0 aromatic heterocycles. The summed E-state index contributed by atoms with van der Waals surface area (Å²) in [6.45, 7) is 5.44. The van der Waals surface area contributed by atoms with E-state index in [1.165, 1.54) is 7.11 Å². The van der Waals surface area contributed by atoms with Crippen molar-refractivity contribution >= 4 is 5.97 Å². The Morgan fingerprint density at radius 1 is 1.29 bits per heavy atom. The van der Waals surface area contributed by atoms with Gasteiger partial charge in [-0.25, -0.2) is 0 Å². The summed E-state index contributed by atoms with van der Waals surface area (Å²) in [6, 6.07) is -0.499. The van der Waals surface area contributed by atoms with Crippen molar-refractivity contribution in [2.75, 3.05) is 46.9 Å². The van der Waals surface area contributed by atoms with E-state index in [1.54, 1.807) is 0 Å². The minimum Gasteiger partial charge on any atom is -0.468 e. The summed E-state index contributed by atoms with van der Waals surface area (Å²) in [5, 5.41) is 14.5. The number of carbonyl (C=O) groups excluding carboxylic acids is 1. The van der Waals surface area contributed by atoms with E-state index in [9.17, 15) is 4.79 Å². The van der Waals surface area contributed by atoms with E-state index in [0.29, 0.717) is 13.2 Å². The minimum atomic E-state index is -0.499. The molecule has 7 nitrogen and oxygen atoms in total. The number of aliphatic hydroxyl groups excluding tert-OH is 1. The van der Waals surface area contributed by atoms with E-state index in [0.717, 1.165) is 19.3 Å². The number of ether oxygens (including phenoxy) is 3. The van der Waals surface area contributed by atoms with Crippen LogP contribution in [-0.2, 0) is 19.0 Å². The fourth-order valence-electron chi connectivity index (χ4n) is 1.52. The van der Waals surface area contributed by atoms with Gasteiger partial charge in [0.2, 0.25) is 0 Å². The van der Waals surface area contributed by atoms with Crippen LogP contribution >= 0.6 is 0 Å². The lowest BCUT2D eigenvalue weighted by atomic mass is 10.2. The number of aliphatic hydroxyl groups is 1. The minimum absolute atomic E-state index is 0.0277. The van der Waals surface area contributed by atoms with Gasteiger partial charge in [-0.3, -0.25) is 15.4 Å². The third-order valence-corrected chi connectivity index (χ3v) is 2.65. The first-order valence-electron chi connectivity index (χ1n) is 7.15. The van der Waals surface area contributed by atoms with Crippen LogP contribution in [0.25, 0.3) is 0 Å². The van der Waals surface area contributed by atoms with Crippen LogP contribution in [0.2, 0.25) is 0 Å². The second kappa shape index (κ2) is 15.4. The fraction of sp³-hybridized carbons (Fsp3) is 0.786. The molecule has 0 aliphatic heterocycles. The highest BCUT2D eigenvalue weighted by Gasteiger charge is 2.17. The van der Waals surface area contributed by atoms with Crippen LogP contribution in [0.3, 0.4) is 0 Å². The number of methoxy groups -OCH3 is 1. The van der Waals surface area contributed by atoms with Gasteiger partial charge >= 0.3 is 5.97 Å². The standard InChI is InChI=1S/C14H28N2O5/c1-3-4-5-6-8-20-12-16-13(14(18)19-2)10-15-11-21-9-7-17/h3,13,15-17H,1,4-12H2,2H3. The molecule has 0 rings (SSSR count). The summed E-state index contributed by atoms with van der Waals surface area (Å²) in [5.41, 5.74) is 0. The lowest BCUT2D eigenvalue weighted by Crippen LogP contribution is -2.46. The topological polar surface area (TPSA) is 89.0 Å². The fourth-order valence-corrected chi connectivity index (χ4v) is 1.52. The van der Waals surface area contributed by atoms with Crippen molar-refractivity contribution in [3.05, 3.63) is 12.7 Å². The Bertz CT molecular complexity index is 264. The van der Waals surface area contributed by atoms with Crippen LogP contribution in [-0.4, -0.2) is 64.1 Å². The van der Waals surface area contributed by atoms with Gasteiger partial charge in [-0.05, 0) is 19.3 Å². The Morgan fingerprint density at radius 3 is 2.71 bits per heavy atom. The zero-order chi connectivity index (χ0) is 15.8. The van der Waals surface area contributed by atoms with Crippen molar-refractivity contribution in [1.29, 1.82) is 0 Å². The largest absolute Gasteiger partial charge is 0.468 e. The van der Waals surface area contributed by atoms with Gasteiger partial charge in [0.25, 0.3) is 0 Å². The summed E-state index contributed by atoms with van der Waals surface area (Å²) in [4.78, 5) is 11.6. The van der Waals surface area contributed by atoms with E-state index in [2.05, 4.69) is 17.2 Å². The van der Waals surface area contributed by atoms with Crippen molar-refractivity contribution in [1.82, 2.24) is 10.6 Å². The molecule has 0 bridgehead atoms. The van der Waals surface area contributed by atoms with Crippen molar-refractivity contribution in [3.8, 4) is 0 Å². The molecular formula is C14H28N2O5. The van der Waals surface area contributed by atoms with Crippen molar-refractivity contribution in [3.63, 3.8) is 0 Å². The highest BCUT2D eigenvalue weighted by molar-refractivity contribution is 5.75. The molecule has 0 aliphatic carbocycles. The summed E-state index contributed by atoms with van der Waals surface area (Å²) < 4.78 is 15.2. The van der Waals surface area contributed by atoms with E-state index >= 15 is 0 Å². The van der Waals surface area contributed by atoms with Crippen LogP contribution in [0, 0.1) is 0 Å². The molecule has 124 valence electrons. The smallest absolute Gasteiger partial charge is 0.324 e. The molecule has 0 radical (unpaired) electrons. The zero-order valence-electron chi connectivity index (χ0n) is 12.8. The normalized spacial score (nSPS) is 12.1. The maximum atomic E-state index is 11.6. The van der Waals surface area contributed by atoms with Gasteiger partial charge in [-0.2, -0.15) is 0 Å². The SMILES string of the molecule is C=CCCCCOCNC(CNCOCCO)C(=O)OC. The first-order valence-corrected chi connectivity index (χ1v) is 7.15. The summed E-state index contributed by atoms with van der Waals surface area (Å²) in [6.07, 6.45) is 4.88. The predicted molar refractivity (Wildman–Crippen MR) is 79.7 cm³/mol. The monoisotopic (exact) mass is 304 g/mol. The third kappa shape index (κ3) is 12.5. The molecule has 0 aliphatic rings. The third-order valence-electron chi connectivity index (χ3n) is 2.65. The van der Waals surface area contributed by atoms with Gasteiger partial charge in [0.15, 0.2) is 0 Å². The van der Waals surface area contributed by atoms with E-state index in [4.69, 9.17) is 19.3 Å². The average Bonchev–Trinajstić information content (AvgIpc) is 2.51. The number of esters is 1. The Kier molecular flexibility index (Phi) is 14.7. The molecule has 1 unspecified atom stereocenters. The van der Waals surface area contributed by atoms with Crippen molar-refractivity contribution in [2.45, 2.75) is 25.3 Å². The summed E-state index contributed by atoms with van der Waals surface area (Å²) in [5.74, 6) is -0.361. The Labute approximate surface area is 126 Å². The molecular weight excluding hydrogens is 276 g/mol.